The third kappa shape index (κ3) is 1.51. The van der Waals surface area contributed by atoms with Crippen LogP contribution in [0.4, 0.5) is 4.39 Å². The van der Waals surface area contributed by atoms with E-state index in [-0.39, 0.29) is 11.9 Å². The third-order valence-electron chi connectivity index (χ3n) is 2.21. The number of halogens is 3. The molecule has 0 saturated heterocycles. The van der Waals surface area contributed by atoms with Crippen LogP contribution in [-0.4, -0.2) is 6.61 Å². The van der Waals surface area contributed by atoms with Gasteiger partial charge in [-0.3, -0.25) is 0 Å². The number of rotatable bonds is 0. The van der Waals surface area contributed by atoms with Gasteiger partial charge in [-0.05, 0) is 22.0 Å². The van der Waals surface area contributed by atoms with Crippen molar-refractivity contribution in [3.05, 3.63) is 26.9 Å². The number of ether oxygens (including phenoxy) is 1. The Morgan fingerprint density at radius 3 is 3.07 bits per heavy atom. The molecular formula is C9H8BrClFNO. The van der Waals surface area contributed by atoms with Crippen molar-refractivity contribution in [2.45, 2.75) is 12.5 Å². The monoisotopic (exact) mass is 279 g/mol. The quantitative estimate of drug-likeness (QED) is 0.741. The van der Waals surface area contributed by atoms with Crippen molar-refractivity contribution in [1.29, 1.82) is 0 Å². The number of nitrogens with two attached hydrogens (primary N) is 1. The Balaban J connectivity index is 2.67. The van der Waals surface area contributed by atoms with Crippen molar-refractivity contribution in [1.82, 2.24) is 0 Å². The maximum Gasteiger partial charge on any atom is 0.145 e. The Kier molecular flexibility index (Phi) is 2.68. The molecule has 0 radical (unpaired) electrons. The fourth-order valence-electron chi connectivity index (χ4n) is 1.51. The van der Waals surface area contributed by atoms with Crippen molar-refractivity contribution in [3.63, 3.8) is 0 Å². The van der Waals surface area contributed by atoms with Crippen LogP contribution in [0.3, 0.4) is 0 Å². The van der Waals surface area contributed by atoms with Gasteiger partial charge in [-0.1, -0.05) is 11.6 Å². The minimum absolute atomic E-state index is 0.321. The summed E-state index contributed by atoms with van der Waals surface area (Å²) < 4.78 is 19.3. The zero-order valence-electron chi connectivity index (χ0n) is 7.19. The fraction of sp³-hybridized carbons (Fsp3) is 0.333. The van der Waals surface area contributed by atoms with Gasteiger partial charge < -0.3 is 10.5 Å². The van der Waals surface area contributed by atoms with Gasteiger partial charge in [-0.25, -0.2) is 4.39 Å². The average Bonchev–Trinajstić information content (AvgIpc) is 2.14. The molecule has 0 unspecified atom stereocenters. The van der Waals surface area contributed by atoms with E-state index in [2.05, 4.69) is 15.9 Å². The van der Waals surface area contributed by atoms with Gasteiger partial charge in [0.2, 0.25) is 0 Å². The van der Waals surface area contributed by atoms with Crippen molar-refractivity contribution in [2.24, 2.45) is 5.73 Å². The molecule has 1 aromatic rings. The number of benzene rings is 1. The lowest BCUT2D eigenvalue weighted by molar-refractivity contribution is 0.264. The number of fused-ring (bicyclic) bond motifs is 1. The first-order chi connectivity index (χ1) is 6.61. The first-order valence-electron chi connectivity index (χ1n) is 4.17. The molecule has 14 heavy (non-hydrogen) atoms. The molecule has 5 heteroatoms. The van der Waals surface area contributed by atoms with Crippen LogP contribution in [0.15, 0.2) is 10.5 Å². The molecule has 0 saturated carbocycles. The molecule has 1 atom stereocenters. The van der Waals surface area contributed by atoms with Gasteiger partial charge in [0.1, 0.15) is 11.6 Å². The molecule has 0 amide bonds. The molecule has 76 valence electrons. The summed E-state index contributed by atoms with van der Waals surface area (Å²) in [7, 11) is 0. The summed E-state index contributed by atoms with van der Waals surface area (Å²) >= 11 is 8.99. The van der Waals surface area contributed by atoms with Crippen LogP contribution < -0.4 is 10.5 Å². The van der Waals surface area contributed by atoms with Gasteiger partial charge in [0.15, 0.2) is 0 Å². The van der Waals surface area contributed by atoms with Crippen LogP contribution in [0.2, 0.25) is 5.02 Å². The fourth-order valence-corrected chi connectivity index (χ4v) is 2.35. The van der Waals surface area contributed by atoms with E-state index in [0.717, 1.165) is 0 Å². The van der Waals surface area contributed by atoms with E-state index in [1.807, 2.05) is 0 Å². The second-order valence-corrected chi connectivity index (χ2v) is 4.40. The first-order valence-corrected chi connectivity index (χ1v) is 5.34. The Morgan fingerprint density at radius 2 is 2.36 bits per heavy atom. The molecule has 2 N–H and O–H groups in total. The Bertz CT molecular complexity index is 386. The highest BCUT2D eigenvalue weighted by atomic mass is 79.9. The van der Waals surface area contributed by atoms with Gasteiger partial charge >= 0.3 is 0 Å². The number of hydrogen-bond acceptors (Lipinski definition) is 2. The molecule has 2 rings (SSSR count). The Labute approximate surface area is 94.3 Å². The zero-order chi connectivity index (χ0) is 10.3. The van der Waals surface area contributed by atoms with E-state index < -0.39 is 0 Å². The van der Waals surface area contributed by atoms with E-state index >= 15 is 0 Å². The Hall–Kier alpha value is -0.320. The van der Waals surface area contributed by atoms with E-state index in [0.29, 0.717) is 33.8 Å². The molecule has 0 aliphatic carbocycles. The van der Waals surface area contributed by atoms with Crippen molar-refractivity contribution in [2.75, 3.05) is 6.61 Å². The molecule has 1 heterocycles. The first kappa shape index (κ1) is 10.2. The smallest absolute Gasteiger partial charge is 0.145 e. The van der Waals surface area contributed by atoms with Gasteiger partial charge in [-0.2, -0.15) is 0 Å². The molecule has 0 bridgehead atoms. The van der Waals surface area contributed by atoms with Crippen LogP contribution in [0, 0.1) is 5.82 Å². The van der Waals surface area contributed by atoms with E-state index in [1.54, 1.807) is 0 Å². The van der Waals surface area contributed by atoms with Crippen LogP contribution in [0.5, 0.6) is 5.75 Å². The van der Waals surface area contributed by atoms with Crippen molar-refractivity contribution < 1.29 is 9.13 Å². The standard InChI is InChI=1S/C9H8BrClFNO/c10-4-3-5(11)9-7(8(4)12)6(13)1-2-14-9/h3,6H,1-2,13H2/t6-/m0/s1. The van der Waals surface area contributed by atoms with Crippen LogP contribution in [-0.2, 0) is 0 Å². The SMILES string of the molecule is N[C@H]1CCOc2c(Cl)cc(Br)c(F)c21. The van der Waals surface area contributed by atoms with E-state index in [9.17, 15) is 4.39 Å². The largest absolute Gasteiger partial charge is 0.491 e. The molecule has 0 spiro atoms. The third-order valence-corrected chi connectivity index (χ3v) is 3.06. The molecule has 0 fully saturated rings. The molecule has 2 nitrogen and oxygen atoms in total. The normalized spacial score (nSPS) is 20.1. The summed E-state index contributed by atoms with van der Waals surface area (Å²) in [6, 6.07) is 1.14. The Morgan fingerprint density at radius 1 is 1.64 bits per heavy atom. The minimum Gasteiger partial charge on any atom is -0.491 e. The van der Waals surface area contributed by atoms with Gasteiger partial charge in [-0.15, -0.1) is 0 Å². The van der Waals surface area contributed by atoms with Crippen LogP contribution >= 0.6 is 27.5 Å². The molecule has 1 aliphatic heterocycles. The lowest BCUT2D eigenvalue weighted by atomic mass is 10.0. The second kappa shape index (κ2) is 3.68. The lowest BCUT2D eigenvalue weighted by Crippen LogP contribution is -2.22. The highest BCUT2D eigenvalue weighted by Gasteiger charge is 2.26. The zero-order valence-corrected chi connectivity index (χ0v) is 9.53. The summed E-state index contributed by atoms with van der Waals surface area (Å²) in [4.78, 5) is 0. The maximum absolute atomic E-state index is 13.6. The summed E-state index contributed by atoms with van der Waals surface area (Å²) in [6.07, 6.45) is 0.608. The van der Waals surface area contributed by atoms with Gasteiger partial charge in [0.05, 0.1) is 16.1 Å². The summed E-state index contributed by atoms with van der Waals surface area (Å²) in [5.74, 6) is 0.00252. The van der Waals surface area contributed by atoms with E-state index in [4.69, 9.17) is 22.1 Å². The van der Waals surface area contributed by atoms with Crippen molar-refractivity contribution >= 4 is 27.5 Å². The molecule has 1 aliphatic rings. The van der Waals surface area contributed by atoms with Gasteiger partial charge in [0, 0.05) is 18.0 Å². The maximum atomic E-state index is 13.6. The molecular weight excluding hydrogens is 272 g/mol. The lowest BCUT2D eigenvalue weighted by Gasteiger charge is -2.24. The minimum atomic E-state index is -0.378. The predicted molar refractivity (Wildman–Crippen MR) is 56.2 cm³/mol. The predicted octanol–water partition coefficient (Wildman–Crippen LogP) is 3.02. The van der Waals surface area contributed by atoms with Crippen LogP contribution in [0.25, 0.3) is 0 Å². The molecule has 1 aromatic carbocycles. The second-order valence-electron chi connectivity index (χ2n) is 3.14. The van der Waals surface area contributed by atoms with Gasteiger partial charge in [0.25, 0.3) is 0 Å². The number of hydrogen-bond donors (Lipinski definition) is 1. The topological polar surface area (TPSA) is 35.2 Å². The molecule has 0 aromatic heterocycles. The highest BCUT2D eigenvalue weighted by Crippen LogP contribution is 2.41. The summed E-state index contributed by atoms with van der Waals surface area (Å²) in [5.41, 5.74) is 6.16. The van der Waals surface area contributed by atoms with Crippen LogP contribution in [0.1, 0.15) is 18.0 Å². The summed E-state index contributed by atoms with van der Waals surface area (Å²) in [6.45, 7) is 0.481. The van der Waals surface area contributed by atoms with Crippen molar-refractivity contribution in [3.8, 4) is 5.75 Å². The highest BCUT2D eigenvalue weighted by molar-refractivity contribution is 9.10. The summed E-state index contributed by atoms with van der Waals surface area (Å²) in [5, 5.41) is 0.392. The van der Waals surface area contributed by atoms with E-state index in [1.165, 1.54) is 6.07 Å². The average molecular weight is 281 g/mol.